The van der Waals surface area contributed by atoms with Crippen LogP contribution >= 0.6 is 23.4 Å². The largest absolute Gasteiger partial charge is 0.207 e. The number of halogens is 2. The molecule has 3 rings (SSSR count). The minimum atomic E-state index is -0.220. The van der Waals surface area contributed by atoms with Gasteiger partial charge >= 0.3 is 0 Å². The van der Waals surface area contributed by atoms with E-state index >= 15 is 0 Å². The van der Waals surface area contributed by atoms with E-state index in [4.69, 9.17) is 11.6 Å². The summed E-state index contributed by atoms with van der Waals surface area (Å²) in [6, 6.07) is 11.3. The molecular formula is C15H12ClFS. The predicted octanol–water partition coefficient (Wildman–Crippen LogP) is 5.12. The summed E-state index contributed by atoms with van der Waals surface area (Å²) in [4.78, 5) is 2.27. The SMILES string of the molecule is Cc1ccc2c(c1)CC(Cl)c1cc(F)ccc1S2. The van der Waals surface area contributed by atoms with Crippen molar-refractivity contribution in [1.29, 1.82) is 0 Å². The van der Waals surface area contributed by atoms with Crippen LogP contribution < -0.4 is 0 Å². The number of hydrogen-bond donors (Lipinski definition) is 0. The first-order valence-corrected chi connectivity index (χ1v) is 7.09. The Morgan fingerprint density at radius 1 is 1.17 bits per heavy atom. The van der Waals surface area contributed by atoms with E-state index in [9.17, 15) is 4.39 Å². The molecule has 1 atom stereocenters. The van der Waals surface area contributed by atoms with Crippen molar-refractivity contribution in [2.75, 3.05) is 0 Å². The molecule has 0 amide bonds. The molecule has 0 fully saturated rings. The molecule has 0 nitrogen and oxygen atoms in total. The smallest absolute Gasteiger partial charge is 0.123 e. The van der Waals surface area contributed by atoms with Crippen molar-refractivity contribution in [3.63, 3.8) is 0 Å². The van der Waals surface area contributed by atoms with E-state index in [0.717, 1.165) is 16.9 Å². The molecule has 0 spiro atoms. The molecule has 0 saturated heterocycles. The maximum absolute atomic E-state index is 13.3. The topological polar surface area (TPSA) is 0 Å². The lowest BCUT2D eigenvalue weighted by molar-refractivity contribution is 0.622. The predicted molar refractivity (Wildman–Crippen MR) is 74.0 cm³/mol. The zero-order chi connectivity index (χ0) is 12.7. The van der Waals surface area contributed by atoms with Gasteiger partial charge in [-0.3, -0.25) is 0 Å². The number of fused-ring (bicyclic) bond motifs is 2. The third-order valence-corrected chi connectivity index (χ3v) is 4.74. The van der Waals surface area contributed by atoms with E-state index in [0.29, 0.717) is 0 Å². The first-order chi connectivity index (χ1) is 8.63. The standard InChI is InChI=1S/C15H12ClFS/c1-9-2-4-14-10(6-9)7-13(16)12-8-11(17)3-5-15(12)18-14/h2-6,8,13H,7H2,1H3. The Morgan fingerprint density at radius 3 is 2.78 bits per heavy atom. The molecular weight excluding hydrogens is 267 g/mol. The Hall–Kier alpha value is -0.990. The number of rotatable bonds is 0. The molecule has 0 saturated carbocycles. The van der Waals surface area contributed by atoms with Gasteiger partial charge in [-0.05, 0) is 48.7 Å². The van der Waals surface area contributed by atoms with Crippen LogP contribution in [0.15, 0.2) is 46.2 Å². The van der Waals surface area contributed by atoms with Gasteiger partial charge in [0.2, 0.25) is 0 Å². The number of aryl methyl sites for hydroxylation is 1. The third kappa shape index (κ3) is 2.15. The monoisotopic (exact) mass is 278 g/mol. The highest BCUT2D eigenvalue weighted by Gasteiger charge is 2.21. The van der Waals surface area contributed by atoms with Crippen molar-refractivity contribution in [1.82, 2.24) is 0 Å². The Balaban J connectivity index is 2.13. The van der Waals surface area contributed by atoms with Crippen molar-refractivity contribution in [2.24, 2.45) is 0 Å². The van der Waals surface area contributed by atoms with Crippen molar-refractivity contribution >= 4 is 23.4 Å². The first-order valence-electron chi connectivity index (χ1n) is 5.84. The van der Waals surface area contributed by atoms with Crippen LogP contribution in [-0.2, 0) is 6.42 Å². The molecule has 0 N–H and O–H groups in total. The van der Waals surface area contributed by atoms with Gasteiger partial charge in [-0.15, -0.1) is 11.6 Å². The fourth-order valence-electron chi connectivity index (χ4n) is 2.25. The molecule has 2 aromatic carbocycles. The molecule has 0 aromatic heterocycles. The highest BCUT2D eigenvalue weighted by Crippen LogP contribution is 2.43. The number of hydrogen-bond acceptors (Lipinski definition) is 1. The lowest BCUT2D eigenvalue weighted by Crippen LogP contribution is -1.96. The fraction of sp³-hybridized carbons (Fsp3) is 0.200. The summed E-state index contributed by atoms with van der Waals surface area (Å²) in [6.07, 6.45) is 0.752. The first kappa shape index (κ1) is 12.1. The molecule has 0 bridgehead atoms. The van der Waals surface area contributed by atoms with Gasteiger partial charge in [0.05, 0.1) is 5.38 Å². The quantitative estimate of drug-likeness (QED) is 0.603. The summed E-state index contributed by atoms with van der Waals surface area (Å²) in [6.45, 7) is 2.08. The van der Waals surface area contributed by atoms with Crippen LogP contribution in [0.4, 0.5) is 4.39 Å². The second-order valence-electron chi connectivity index (χ2n) is 4.57. The van der Waals surface area contributed by atoms with Gasteiger partial charge in [0, 0.05) is 9.79 Å². The third-order valence-electron chi connectivity index (χ3n) is 3.14. The van der Waals surface area contributed by atoms with Gasteiger partial charge in [-0.2, -0.15) is 0 Å². The van der Waals surface area contributed by atoms with Crippen LogP contribution in [0, 0.1) is 12.7 Å². The maximum atomic E-state index is 13.3. The van der Waals surface area contributed by atoms with Crippen molar-refractivity contribution in [2.45, 2.75) is 28.5 Å². The van der Waals surface area contributed by atoms with Crippen LogP contribution in [-0.4, -0.2) is 0 Å². The highest BCUT2D eigenvalue weighted by atomic mass is 35.5. The molecule has 1 aliphatic heterocycles. The second-order valence-corrected chi connectivity index (χ2v) is 6.18. The summed E-state index contributed by atoms with van der Waals surface area (Å²) < 4.78 is 13.3. The molecule has 0 aliphatic carbocycles. The average Bonchev–Trinajstić information content (AvgIpc) is 2.46. The van der Waals surface area contributed by atoms with E-state index in [-0.39, 0.29) is 11.2 Å². The van der Waals surface area contributed by atoms with E-state index < -0.39 is 0 Å². The zero-order valence-electron chi connectivity index (χ0n) is 9.91. The van der Waals surface area contributed by atoms with Gasteiger partial charge in [0.25, 0.3) is 0 Å². The van der Waals surface area contributed by atoms with Gasteiger partial charge in [-0.1, -0.05) is 29.5 Å². The van der Waals surface area contributed by atoms with E-state index in [1.165, 1.54) is 22.1 Å². The average molecular weight is 279 g/mol. The summed E-state index contributed by atoms with van der Waals surface area (Å²) in [5.74, 6) is -0.220. The van der Waals surface area contributed by atoms with Gasteiger partial charge < -0.3 is 0 Å². The lowest BCUT2D eigenvalue weighted by atomic mass is 10.0. The lowest BCUT2D eigenvalue weighted by Gasteiger charge is -2.09. The summed E-state index contributed by atoms with van der Waals surface area (Å²) in [5.41, 5.74) is 3.38. The maximum Gasteiger partial charge on any atom is 0.123 e. The Labute approximate surface area is 115 Å². The molecule has 1 aliphatic rings. The van der Waals surface area contributed by atoms with E-state index in [2.05, 4.69) is 25.1 Å². The number of benzene rings is 2. The number of alkyl halides is 1. The van der Waals surface area contributed by atoms with E-state index in [1.807, 2.05) is 6.07 Å². The fourth-order valence-corrected chi connectivity index (χ4v) is 3.76. The summed E-state index contributed by atoms with van der Waals surface area (Å²) in [5, 5.41) is -0.161. The van der Waals surface area contributed by atoms with Crippen LogP contribution in [0.5, 0.6) is 0 Å². The molecule has 2 aromatic rings. The zero-order valence-corrected chi connectivity index (χ0v) is 11.5. The molecule has 1 unspecified atom stereocenters. The normalized spacial score (nSPS) is 17.8. The summed E-state index contributed by atoms with van der Waals surface area (Å²) in [7, 11) is 0. The summed E-state index contributed by atoms with van der Waals surface area (Å²) >= 11 is 8.10. The highest BCUT2D eigenvalue weighted by molar-refractivity contribution is 7.99. The van der Waals surface area contributed by atoms with Crippen LogP contribution in [0.2, 0.25) is 0 Å². The minimum absolute atomic E-state index is 0.161. The minimum Gasteiger partial charge on any atom is -0.207 e. The Kier molecular flexibility index (Phi) is 3.08. The molecule has 1 heterocycles. The van der Waals surface area contributed by atoms with Crippen molar-refractivity contribution in [3.8, 4) is 0 Å². The molecule has 18 heavy (non-hydrogen) atoms. The van der Waals surface area contributed by atoms with Gasteiger partial charge in [-0.25, -0.2) is 4.39 Å². The van der Waals surface area contributed by atoms with Crippen LogP contribution in [0.1, 0.15) is 22.1 Å². The second kappa shape index (κ2) is 4.60. The Bertz CT molecular complexity index is 609. The van der Waals surface area contributed by atoms with Crippen molar-refractivity contribution < 1.29 is 4.39 Å². The molecule has 3 heteroatoms. The van der Waals surface area contributed by atoms with Crippen molar-refractivity contribution in [3.05, 3.63) is 58.9 Å². The van der Waals surface area contributed by atoms with Crippen LogP contribution in [0.3, 0.4) is 0 Å². The van der Waals surface area contributed by atoms with E-state index in [1.54, 1.807) is 17.8 Å². The molecule has 0 radical (unpaired) electrons. The van der Waals surface area contributed by atoms with Gasteiger partial charge in [0.1, 0.15) is 5.82 Å². The van der Waals surface area contributed by atoms with Gasteiger partial charge in [0.15, 0.2) is 0 Å². The van der Waals surface area contributed by atoms with Crippen LogP contribution in [0.25, 0.3) is 0 Å². The Morgan fingerprint density at radius 2 is 1.94 bits per heavy atom. The molecule has 92 valence electrons.